The zero-order valence-electron chi connectivity index (χ0n) is 19.7. The predicted octanol–water partition coefficient (Wildman–Crippen LogP) is 3.11. The van der Waals surface area contributed by atoms with Gasteiger partial charge < -0.3 is 9.88 Å². The molecule has 11 heteroatoms. The summed E-state index contributed by atoms with van der Waals surface area (Å²) in [6, 6.07) is 15.9. The molecule has 2 atom stereocenters. The van der Waals surface area contributed by atoms with Gasteiger partial charge in [0.15, 0.2) is 11.0 Å². The molecule has 34 heavy (non-hydrogen) atoms. The number of carbonyl (C=O) groups is 1. The highest BCUT2D eigenvalue weighted by molar-refractivity contribution is 8.00. The molecule has 182 valence electrons. The van der Waals surface area contributed by atoms with Crippen molar-refractivity contribution in [2.75, 3.05) is 19.4 Å². The van der Waals surface area contributed by atoms with Gasteiger partial charge in [-0.3, -0.25) is 9.69 Å². The standard InChI is InChI=1S/C23H30N6O3S2/c1-5-20(28(3)4)21-26-27-23(29(21)15-17-9-7-6-8-10-17)33-16(2)22(30)25-18-11-13-19(14-12-18)34(24,31)32/h6-14,16,20H,5,15H2,1-4H3,(H,25,30)(H2,24,31,32)/t16-,20-/m0/s1. The molecule has 2 aromatic carbocycles. The van der Waals surface area contributed by atoms with Crippen molar-refractivity contribution < 1.29 is 13.2 Å². The second kappa shape index (κ2) is 11.1. The maximum atomic E-state index is 12.8. The van der Waals surface area contributed by atoms with Crippen LogP contribution in [0.1, 0.15) is 37.7 Å². The summed E-state index contributed by atoms with van der Waals surface area (Å²) in [4.78, 5) is 14.9. The SMILES string of the molecule is CC[C@@H](c1nnc(S[C@@H](C)C(=O)Nc2ccc(S(N)(=O)=O)cc2)n1Cc1ccccc1)N(C)C. The summed E-state index contributed by atoms with van der Waals surface area (Å²) in [5, 5.41) is 17.0. The smallest absolute Gasteiger partial charge is 0.238 e. The normalized spacial score (nSPS) is 13.6. The molecule has 0 spiro atoms. The van der Waals surface area contributed by atoms with Gasteiger partial charge in [0.05, 0.1) is 22.7 Å². The van der Waals surface area contributed by atoms with Crippen LogP contribution in [0.25, 0.3) is 0 Å². The van der Waals surface area contributed by atoms with Crippen LogP contribution in [-0.4, -0.2) is 53.3 Å². The highest BCUT2D eigenvalue weighted by atomic mass is 32.2. The Morgan fingerprint density at radius 1 is 1.12 bits per heavy atom. The number of amides is 1. The molecule has 0 unspecified atom stereocenters. The van der Waals surface area contributed by atoms with E-state index < -0.39 is 15.3 Å². The van der Waals surface area contributed by atoms with Crippen molar-refractivity contribution >= 4 is 33.4 Å². The van der Waals surface area contributed by atoms with Crippen molar-refractivity contribution in [3.05, 3.63) is 66.0 Å². The fourth-order valence-electron chi connectivity index (χ4n) is 3.51. The highest BCUT2D eigenvalue weighted by Gasteiger charge is 2.25. The van der Waals surface area contributed by atoms with Crippen LogP contribution in [0.3, 0.4) is 0 Å². The number of nitrogens with two attached hydrogens (primary N) is 1. The molecule has 1 aromatic heterocycles. The minimum Gasteiger partial charge on any atom is -0.325 e. The molecule has 3 N–H and O–H groups in total. The zero-order valence-corrected chi connectivity index (χ0v) is 21.3. The monoisotopic (exact) mass is 502 g/mol. The van der Waals surface area contributed by atoms with Crippen LogP contribution in [0.2, 0.25) is 0 Å². The van der Waals surface area contributed by atoms with Crippen molar-refractivity contribution in [3.8, 4) is 0 Å². The second-order valence-corrected chi connectivity index (χ2v) is 11.0. The number of anilines is 1. The van der Waals surface area contributed by atoms with Gasteiger partial charge in [-0.25, -0.2) is 13.6 Å². The number of benzene rings is 2. The zero-order chi connectivity index (χ0) is 24.9. The first-order chi connectivity index (χ1) is 16.1. The summed E-state index contributed by atoms with van der Waals surface area (Å²) in [6.45, 7) is 4.50. The number of rotatable bonds is 10. The Morgan fingerprint density at radius 3 is 2.32 bits per heavy atom. The Labute approximate surface area is 204 Å². The molecule has 0 bridgehead atoms. The van der Waals surface area contributed by atoms with E-state index in [2.05, 4.69) is 44.0 Å². The van der Waals surface area contributed by atoms with Crippen LogP contribution in [0, 0.1) is 0 Å². The van der Waals surface area contributed by atoms with E-state index in [4.69, 9.17) is 5.14 Å². The third-order valence-electron chi connectivity index (χ3n) is 5.34. The van der Waals surface area contributed by atoms with E-state index in [0.29, 0.717) is 17.4 Å². The Bertz CT molecular complexity index is 1210. The van der Waals surface area contributed by atoms with Crippen LogP contribution < -0.4 is 10.5 Å². The first-order valence-corrected chi connectivity index (χ1v) is 13.3. The molecule has 1 amide bonds. The first-order valence-electron chi connectivity index (χ1n) is 10.8. The van der Waals surface area contributed by atoms with Gasteiger partial charge in [-0.1, -0.05) is 49.0 Å². The summed E-state index contributed by atoms with van der Waals surface area (Å²) < 4.78 is 24.9. The fourth-order valence-corrected chi connectivity index (χ4v) is 4.88. The van der Waals surface area contributed by atoms with Crippen LogP contribution in [-0.2, 0) is 21.4 Å². The maximum Gasteiger partial charge on any atom is 0.238 e. The van der Waals surface area contributed by atoms with Crippen LogP contribution in [0.5, 0.6) is 0 Å². The number of hydrogen-bond acceptors (Lipinski definition) is 7. The predicted molar refractivity (Wildman–Crippen MR) is 134 cm³/mol. The minimum atomic E-state index is -3.79. The Hall–Kier alpha value is -2.73. The number of nitrogens with zero attached hydrogens (tertiary/aromatic N) is 4. The summed E-state index contributed by atoms with van der Waals surface area (Å²) in [7, 11) is 0.240. The van der Waals surface area contributed by atoms with E-state index in [0.717, 1.165) is 17.8 Å². The summed E-state index contributed by atoms with van der Waals surface area (Å²) in [6.07, 6.45) is 0.870. The minimum absolute atomic E-state index is 0.0131. The molecular formula is C23H30N6O3S2. The lowest BCUT2D eigenvalue weighted by molar-refractivity contribution is -0.115. The van der Waals surface area contributed by atoms with E-state index in [1.54, 1.807) is 6.92 Å². The molecule has 0 fully saturated rings. The number of nitrogens with one attached hydrogen (secondary N) is 1. The summed E-state index contributed by atoms with van der Waals surface area (Å²) in [5.74, 6) is 0.619. The Balaban J connectivity index is 1.80. The van der Waals surface area contributed by atoms with Crippen molar-refractivity contribution in [1.82, 2.24) is 19.7 Å². The Morgan fingerprint density at radius 2 is 1.76 bits per heavy atom. The summed E-state index contributed by atoms with van der Waals surface area (Å²) in [5.41, 5.74) is 1.60. The highest BCUT2D eigenvalue weighted by Crippen LogP contribution is 2.29. The number of hydrogen-bond donors (Lipinski definition) is 2. The van der Waals surface area contributed by atoms with E-state index in [1.165, 1.54) is 36.0 Å². The van der Waals surface area contributed by atoms with Gasteiger partial charge in [0, 0.05) is 5.69 Å². The molecule has 0 aliphatic carbocycles. The van der Waals surface area contributed by atoms with Gasteiger partial charge in [-0.05, 0) is 57.3 Å². The molecule has 1 heterocycles. The average Bonchev–Trinajstić information content (AvgIpc) is 3.16. The van der Waals surface area contributed by atoms with Gasteiger partial charge in [0.2, 0.25) is 15.9 Å². The molecule has 3 rings (SSSR count). The van der Waals surface area contributed by atoms with Gasteiger partial charge >= 0.3 is 0 Å². The third-order valence-corrected chi connectivity index (χ3v) is 7.35. The molecule has 0 saturated heterocycles. The number of carbonyl (C=O) groups excluding carboxylic acids is 1. The number of sulfonamides is 1. The Kier molecular flexibility index (Phi) is 8.47. The molecular weight excluding hydrogens is 472 g/mol. The van der Waals surface area contributed by atoms with Crippen LogP contribution in [0.4, 0.5) is 5.69 Å². The largest absolute Gasteiger partial charge is 0.325 e. The van der Waals surface area contributed by atoms with E-state index in [-0.39, 0.29) is 16.8 Å². The lowest BCUT2D eigenvalue weighted by atomic mass is 10.2. The number of aromatic nitrogens is 3. The topological polar surface area (TPSA) is 123 Å². The van der Waals surface area contributed by atoms with Gasteiger partial charge in [-0.2, -0.15) is 0 Å². The molecule has 0 aliphatic rings. The van der Waals surface area contributed by atoms with Gasteiger partial charge in [0.25, 0.3) is 0 Å². The van der Waals surface area contributed by atoms with E-state index >= 15 is 0 Å². The number of thioether (sulfide) groups is 1. The third kappa shape index (κ3) is 6.44. The van der Waals surface area contributed by atoms with Crippen molar-refractivity contribution in [1.29, 1.82) is 0 Å². The molecule has 9 nitrogen and oxygen atoms in total. The lowest BCUT2D eigenvalue weighted by Gasteiger charge is -2.23. The fraction of sp³-hybridized carbons (Fsp3) is 0.348. The van der Waals surface area contributed by atoms with Crippen molar-refractivity contribution in [3.63, 3.8) is 0 Å². The number of primary sulfonamides is 1. The van der Waals surface area contributed by atoms with Gasteiger partial charge in [0.1, 0.15) is 0 Å². The quantitative estimate of drug-likeness (QED) is 0.408. The molecule has 3 aromatic rings. The lowest BCUT2D eigenvalue weighted by Crippen LogP contribution is -2.25. The van der Waals surface area contributed by atoms with Crippen LogP contribution in [0.15, 0.2) is 64.6 Å². The van der Waals surface area contributed by atoms with E-state index in [1.807, 2.05) is 32.3 Å². The maximum absolute atomic E-state index is 12.8. The summed E-state index contributed by atoms with van der Waals surface area (Å²) >= 11 is 1.33. The molecule has 0 saturated carbocycles. The van der Waals surface area contributed by atoms with Crippen molar-refractivity contribution in [2.45, 2.75) is 48.2 Å². The van der Waals surface area contributed by atoms with E-state index in [9.17, 15) is 13.2 Å². The first kappa shape index (κ1) is 25.9. The van der Waals surface area contributed by atoms with Gasteiger partial charge in [-0.15, -0.1) is 10.2 Å². The average molecular weight is 503 g/mol. The van der Waals surface area contributed by atoms with Crippen LogP contribution >= 0.6 is 11.8 Å². The van der Waals surface area contributed by atoms with Crippen molar-refractivity contribution in [2.24, 2.45) is 5.14 Å². The molecule has 0 aliphatic heterocycles. The molecule has 0 radical (unpaired) electrons. The second-order valence-electron chi connectivity index (χ2n) is 8.12.